The van der Waals surface area contributed by atoms with Crippen molar-refractivity contribution >= 4 is 117 Å². The number of aromatic hydroxyl groups is 2. The first-order valence-electron chi connectivity index (χ1n) is 20.6. The van der Waals surface area contributed by atoms with E-state index < -0.39 is 70.6 Å². The number of anilines is 1. The summed E-state index contributed by atoms with van der Waals surface area (Å²) in [7, 11) is -6.65. The van der Waals surface area contributed by atoms with Gasteiger partial charge in [-0.05, 0) is 114 Å². The van der Waals surface area contributed by atoms with Crippen molar-refractivity contribution in [1.82, 2.24) is 19.9 Å². The molecular formula is C46H49Cl2N5O14S6. The lowest BCUT2D eigenvalue weighted by Crippen LogP contribution is -2.10. The van der Waals surface area contributed by atoms with Crippen LogP contribution in [0.3, 0.4) is 0 Å². The molecule has 0 saturated carbocycles. The maximum Gasteiger partial charge on any atom is 0.335 e. The number of benzene rings is 3. The molecule has 4 aromatic heterocycles. The van der Waals surface area contributed by atoms with Gasteiger partial charge in [0.25, 0.3) is 5.24 Å². The number of pyridine rings is 3. The minimum absolute atomic E-state index is 0. The number of fused-ring (bicyclic) bond motifs is 1. The van der Waals surface area contributed by atoms with Crippen molar-refractivity contribution in [2.75, 3.05) is 30.3 Å². The molecule has 27 heteroatoms. The highest BCUT2D eigenvalue weighted by Gasteiger charge is 2.21. The van der Waals surface area contributed by atoms with Crippen molar-refractivity contribution in [2.24, 2.45) is 0 Å². The highest BCUT2D eigenvalue weighted by atomic mass is 35.5. The first-order chi connectivity index (χ1) is 34.1. The summed E-state index contributed by atoms with van der Waals surface area (Å²) in [4.78, 5) is 41.7. The minimum atomic E-state index is -3.44. The largest absolute Gasteiger partial charge is 0.508 e. The molecule has 0 amide bonds. The number of rotatable bonds is 12. The number of carbonyl (C=O) groups excluding carboxylic acids is 2. The first-order valence-corrected chi connectivity index (χ1v) is 28.6. The van der Waals surface area contributed by atoms with Gasteiger partial charge in [0.2, 0.25) is 5.89 Å². The molecule has 0 fully saturated rings. The summed E-state index contributed by atoms with van der Waals surface area (Å²) in [6.07, 6.45) is 11.0. The number of phenols is 2. The number of hydrogen-bond donors (Lipinski definition) is 3. The monoisotopic (exact) mass is 1160 g/mol. The molecule has 3 aromatic carbocycles. The van der Waals surface area contributed by atoms with E-state index in [-0.39, 0.29) is 58.1 Å². The number of hydrogen-bond acceptors (Lipinski definition) is 19. The summed E-state index contributed by atoms with van der Waals surface area (Å²) < 4.78 is 95.8. The fourth-order valence-corrected chi connectivity index (χ4v) is 8.78. The molecule has 19 nitrogen and oxygen atoms in total. The van der Waals surface area contributed by atoms with Crippen LogP contribution in [0.25, 0.3) is 22.7 Å². The third kappa shape index (κ3) is 20.4. The smallest absolute Gasteiger partial charge is 0.335 e. The molecule has 4 heterocycles. The minimum Gasteiger partial charge on any atom is -0.508 e. The number of aromatic nitrogens is 4. The fraction of sp³-hybridized carbons (Fsp3) is 0.217. The molecule has 392 valence electrons. The Morgan fingerprint density at radius 2 is 1.15 bits per heavy atom. The molecule has 0 spiro atoms. The Morgan fingerprint density at radius 1 is 0.671 bits per heavy atom. The summed E-state index contributed by atoms with van der Waals surface area (Å²) in [6.45, 7) is 5.53. The number of phenolic OH excluding ortho intramolecular Hbond substituents is 2. The lowest BCUT2D eigenvalue weighted by molar-refractivity contribution is 0.0985. The Labute approximate surface area is 446 Å². The molecule has 3 atom stereocenters. The van der Waals surface area contributed by atoms with E-state index >= 15 is 0 Å². The van der Waals surface area contributed by atoms with E-state index in [9.17, 15) is 35.7 Å². The number of ketones is 1. The van der Waals surface area contributed by atoms with Gasteiger partial charge < -0.3 is 20.4 Å². The van der Waals surface area contributed by atoms with E-state index in [0.29, 0.717) is 38.0 Å². The van der Waals surface area contributed by atoms with Gasteiger partial charge in [-0.25, -0.2) is 13.4 Å². The zero-order chi connectivity index (χ0) is 54.1. The predicted octanol–water partition coefficient (Wildman–Crippen LogP) is 6.75. The summed E-state index contributed by atoms with van der Waals surface area (Å²) in [6, 6.07) is 25.0. The van der Waals surface area contributed by atoms with Crippen LogP contribution in [0.15, 0.2) is 134 Å². The van der Waals surface area contributed by atoms with E-state index in [1.54, 1.807) is 73.6 Å². The molecule has 4 N–H and O–H groups in total. The highest BCUT2D eigenvalue weighted by molar-refractivity contribution is 7.91. The number of aryl methyl sites for hydroxylation is 2. The average molecular weight is 1160 g/mol. The van der Waals surface area contributed by atoms with Gasteiger partial charge in [0, 0.05) is 96.4 Å². The number of sulfone groups is 1. The number of carbonyl (C=O) groups is 2. The Bertz CT molecular complexity index is 3250. The summed E-state index contributed by atoms with van der Waals surface area (Å²) in [5, 5.41) is 18.0. The second kappa shape index (κ2) is 32.9. The number of oxazole rings is 1. The zero-order valence-electron chi connectivity index (χ0n) is 39.6. The van der Waals surface area contributed by atoms with Crippen LogP contribution in [0.2, 0.25) is 0 Å². The van der Waals surface area contributed by atoms with Gasteiger partial charge in [0.1, 0.15) is 34.1 Å². The first kappa shape index (κ1) is 65.0. The molecule has 0 saturated heterocycles. The Hall–Kier alpha value is -6.06. The van der Waals surface area contributed by atoms with Gasteiger partial charge in [0.15, 0.2) is 21.2 Å². The molecule has 0 aliphatic carbocycles. The molecule has 0 bridgehead atoms. The van der Waals surface area contributed by atoms with E-state index in [4.69, 9.17) is 43.7 Å². The molecule has 0 radical (unpaired) electrons. The molecule has 0 aliphatic heterocycles. The van der Waals surface area contributed by atoms with Gasteiger partial charge >= 0.3 is 23.1 Å². The normalized spacial score (nSPS) is 11.4. The topological polar surface area (TPSA) is 319 Å². The maximum absolute atomic E-state index is 12.4. The predicted molar refractivity (Wildman–Crippen MR) is 283 cm³/mol. The van der Waals surface area contributed by atoms with E-state index in [2.05, 4.69) is 26.9 Å². The van der Waals surface area contributed by atoms with Crippen molar-refractivity contribution in [3.63, 3.8) is 0 Å². The van der Waals surface area contributed by atoms with Gasteiger partial charge in [-0.15, -0.1) is 12.4 Å². The number of nitrogens with two attached hydrogens (primary N) is 1. The third-order valence-corrected chi connectivity index (χ3v) is 14.1. The summed E-state index contributed by atoms with van der Waals surface area (Å²) in [5.74, 6) is 0.333. The van der Waals surface area contributed by atoms with Crippen LogP contribution < -0.4 is 5.73 Å². The maximum atomic E-state index is 12.4. The van der Waals surface area contributed by atoms with E-state index in [0.717, 1.165) is 34.6 Å². The second-order valence-electron chi connectivity index (χ2n) is 14.0. The Kier molecular flexibility index (Phi) is 29.3. The molecule has 73 heavy (non-hydrogen) atoms. The van der Waals surface area contributed by atoms with Crippen LogP contribution in [0, 0.1) is 0 Å². The summed E-state index contributed by atoms with van der Waals surface area (Å²) in [5.41, 5.74) is 10.5. The van der Waals surface area contributed by atoms with Crippen LogP contribution in [-0.4, -0.2) is 104 Å². The molecular weight excluding hydrogens is 1110 g/mol. The van der Waals surface area contributed by atoms with Crippen molar-refractivity contribution in [1.29, 1.82) is 0 Å². The molecule has 3 unspecified atom stereocenters. The van der Waals surface area contributed by atoms with Crippen LogP contribution in [0.4, 0.5) is 5.69 Å². The highest BCUT2D eigenvalue weighted by Crippen LogP contribution is 2.27. The van der Waals surface area contributed by atoms with Crippen LogP contribution >= 0.6 is 24.0 Å². The van der Waals surface area contributed by atoms with Crippen LogP contribution in [-0.2, 0) is 84.6 Å². The van der Waals surface area contributed by atoms with Crippen LogP contribution in [0.5, 0.6) is 11.5 Å². The average Bonchev–Trinajstić information content (AvgIpc) is 3.80. The molecule has 7 rings (SSSR count). The SMILES string of the molecule is CCS(=O)(=O)c1cccnc1C(=O)Cl.CCc1cccnc1-c1nc2cc(S(C)=O)ccc2o1.CCc1cccnc1C(=O)Cc1cc(S(C)=O)ccc1O.CS(=O)c1ccc(O)c(N)c1.Cl.O=S=O.O=S=O. The van der Waals surface area contributed by atoms with Crippen molar-refractivity contribution in [3.8, 4) is 23.1 Å². The third-order valence-electron chi connectivity index (χ3n) is 9.44. The van der Waals surface area contributed by atoms with E-state index in [1.807, 2.05) is 25.1 Å². The van der Waals surface area contributed by atoms with Crippen molar-refractivity contribution in [2.45, 2.75) is 59.6 Å². The van der Waals surface area contributed by atoms with Gasteiger partial charge in [-0.2, -0.15) is 16.8 Å². The van der Waals surface area contributed by atoms with Crippen molar-refractivity contribution in [3.05, 3.63) is 138 Å². The molecule has 0 aliphatic rings. The zero-order valence-corrected chi connectivity index (χ0v) is 46.1. The molecule has 7 aromatic rings. The lowest BCUT2D eigenvalue weighted by Gasteiger charge is -2.08. The number of nitrogens with zero attached hydrogens (tertiary/aromatic N) is 4. The van der Waals surface area contributed by atoms with Crippen LogP contribution in [0.1, 0.15) is 58.4 Å². The quantitative estimate of drug-likeness (QED) is 0.0493. The van der Waals surface area contributed by atoms with Gasteiger partial charge in [-0.3, -0.25) is 37.2 Å². The van der Waals surface area contributed by atoms with E-state index in [1.165, 1.54) is 43.5 Å². The summed E-state index contributed by atoms with van der Waals surface area (Å²) >= 11 is 3.71. The lowest BCUT2D eigenvalue weighted by atomic mass is 10.0. The second-order valence-corrected chi connectivity index (χ2v) is 21.0. The van der Waals surface area contributed by atoms with Crippen molar-refractivity contribution < 1.29 is 62.1 Å². The number of Topliss-reactive ketones (excluding diaryl/α,β-unsaturated/α-hetero) is 1. The van der Waals surface area contributed by atoms with Gasteiger partial charge in [0.05, 0.1) is 16.3 Å². The Morgan fingerprint density at radius 3 is 1.67 bits per heavy atom. The standard InChI is InChI=1S/C16H17NO3S.C15H14N2O2S.C8H8ClNO3S.C7H9NO2S.ClH.2O2S/c1-3-11-5-4-8-17-16(11)15(19)10-12-9-13(21(2)20)6-7-14(12)18;1-3-10-5-4-8-16-14(10)15-17-12-9-11(20(2)18)6-7-13(12)19-15;1-2-14(12,13)6-4-3-5-10-7(6)8(9)11;1-11(10)5-2-3-7(9)6(8)4-5;;2*1-3-2/h4-9,18H,3,10H2,1-2H3;4-9H,3H2,1-2H3;3-5H,2H2,1H3;2-4,9H,8H2,1H3;1H;;. The number of halogens is 2. The Balaban J connectivity index is 0.000000478. The van der Waals surface area contributed by atoms with Gasteiger partial charge in [-0.1, -0.05) is 32.9 Å². The number of nitrogen functional groups attached to an aromatic ring is 1. The fourth-order valence-electron chi connectivity index (χ4n) is 5.87.